The molecule has 0 spiro atoms. The Morgan fingerprint density at radius 1 is 1.39 bits per heavy atom. The summed E-state index contributed by atoms with van der Waals surface area (Å²) in [5.41, 5.74) is 0.760. The molecule has 1 aliphatic rings. The van der Waals surface area contributed by atoms with E-state index in [0.29, 0.717) is 6.04 Å². The van der Waals surface area contributed by atoms with Crippen LogP contribution in [0.1, 0.15) is 37.8 Å². The quantitative estimate of drug-likeness (QED) is 0.884. The molecule has 0 saturated carbocycles. The molecule has 1 aromatic carbocycles. The second kappa shape index (κ2) is 6.30. The molecule has 0 amide bonds. The van der Waals surface area contributed by atoms with Crippen LogP contribution < -0.4 is 5.32 Å². The predicted molar refractivity (Wildman–Crippen MR) is 73.1 cm³/mol. The van der Waals surface area contributed by atoms with E-state index in [1.165, 1.54) is 31.9 Å². The van der Waals surface area contributed by atoms with Gasteiger partial charge in [-0.1, -0.05) is 24.6 Å². The minimum absolute atomic E-state index is 0.0709. The SMILES string of the molecule is CC(NCC1CCCCN1C)c1ccccc1F. The number of halogens is 1. The first-order chi connectivity index (χ1) is 8.68. The molecule has 2 atom stereocenters. The summed E-state index contributed by atoms with van der Waals surface area (Å²) in [6.07, 6.45) is 3.86. The van der Waals surface area contributed by atoms with Crippen LogP contribution in [0.4, 0.5) is 4.39 Å². The van der Waals surface area contributed by atoms with Gasteiger partial charge in [0, 0.05) is 24.2 Å². The fourth-order valence-electron chi connectivity index (χ4n) is 2.65. The third kappa shape index (κ3) is 3.30. The Morgan fingerprint density at radius 3 is 2.89 bits per heavy atom. The lowest BCUT2D eigenvalue weighted by atomic mass is 10.0. The van der Waals surface area contributed by atoms with Crippen molar-refractivity contribution in [3.63, 3.8) is 0 Å². The van der Waals surface area contributed by atoms with Crippen LogP contribution in [0.15, 0.2) is 24.3 Å². The normalized spacial score (nSPS) is 22.9. The minimum Gasteiger partial charge on any atom is -0.309 e. The van der Waals surface area contributed by atoms with E-state index in [9.17, 15) is 4.39 Å². The van der Waals surface area contributed by atoms with E-state index in [2.05, 4.69) is 17.3 Å². The van der Waals surface area contributed by atoms with Crippen molar-refractivity contribution in [2.75, 3.05) is 20.1 Å². The molecule has 1 aromatic rings. The fraction of sp³-hybridized carbons (Fsp3) is 0.600. The van der Waals surface area contributed by atoms with E-state index < -0.39 is 0 Å². The van der Waals surface area contributed by atoms with Crippen LogP contribution in [-0.2, 0) is 0 Å². The number of rotatable bonds is 4. The Hall–Kier alpha value is -0.930. The van der Waals surface area contributed by atoms with E-state index in [4.69, 9.17) is 0 Å². The summed E-state index contributed by atoms with van der Waals surface area (Å²) >= 11 is 0. The first kappa shape index (κ1) is 13.5. The standard InChI is InChI=1S/C15H23FN2/c1-12(14-8-3-4-9-15(14)16)17-11-13-7-5-6-10-18(13)2/h3-4,8-9,12-13,17H,5-7,10-11H2,1-2H3. The Morgan fingerprint density at radius 2 is 2.17 bits per heavy atom. The van der Waals surface area contributed by atoms with Crippen LogP contribution >= 0.6 is 0 Å². The van der Waals surface area contributed by atoms with Crippen LogP contribution in [-0.4, -0.2) is 31.1 Å². The zero-order valence-electron chi connectivity index (χ0n) is 11.3. The number of hydrogen-bond donors (Lipinski definition) is 1. The van der Waals surface area contributed by atoms with Gasteiger partial charge in [-0.2, -0.15) is 0 Å². The summed E-state index contributed by atoms with van der Waals surface area (Å²) in [7, 11) is 2.18. The number of hydrogen-bond acceptors (Lipinski definition) is 2. The van der Waals surface area contributed by atoms with Crippen LogP contribution in [0.25, 0.3) is 0 Å². The molecule has 0 aliphatic carbocycles. The van der Waals surface area contributed by atoms with Gasteiger partial charge in [-0.15, -0.1) is 0 Å². The average Bonchev–Trinajstić information content (AvgIpc) is 2.38. The van der Waals surface area contributed by atoms with Crippen molar-refractivity contribution in [1.82, 2.24) is 10.2 Å². The fourth-order valence-corrected chi connectivity index (χ4v) is 2.65. The minimum atomic E-state index is -0.116. The molecule has 0 aromatic heterocycles. The van der Waals surface area contributed by atoms with Crippen molar-refractivity contribution >= 4 is 0 Å². The van der Waals surface area contributed by atoms with E-state index in [1.54, 1.807) is 6.07 Å². The molecule has 18 heavy (non-hydrogen) atoms. The van der Waals surface area contributed by atoms with E-state index >= 15 is 0 Å². The van der Waals surface area contributed by atoms with Gasteiger partial charge in [-0.25, -0.2) is 4.39 Å². The Kier molecular flexibility index (Phi) is 4.72. The van der Waals surface area contributed by atoms with Gasteiger partial charge >= 0.3 is 0 Å². The molecule has 1 aliphatic heterocycles. The van der Waals surface area contributed by atoms with Crippen LogP contribution in [0.2, 0.25) is 0 Å². The summed E-state index contributed by atoms with van der Waals surface area (Å²) in [5.74, 6) is -0.116. The second-order valence-electron chi connectivity index (χ2n) is 5.28. The summed E-state index contributed by atoms with van der Waals surface area (Å²) in [6, 6.07) is 7.68. The lowest BCUT2D eigenvalue weighted by molar-refractivity contribution is 0.178. The highest BCUT2D eigenvalue weighted by Crippen LogP contribution is 2.18. The maximum Gasteiger partial charge on any atom is 0.127 e. The molecule has 2 rings (SSSR count). The highest BCUT2D eigenvalue weighted by molar-refractivity contribution is 5.20. The van der Waals surface area contributed by atoms with Gasteiger partial charge < -0.3 is 10.2 Å². The van der Waals surface area contributed by atoms with Crippen molar-refractivity contribution in [2.45, 2.75) is 38.3 Å². The van der Waals surface area contributed by atoms with E-state index in [-0.39, 0.29) is 11.9 Å². The van der Waals surface area contributed by atoms with Crippen molar-refractivity contribution in [2.24, 2.45) is 0 Å². The van der Waals surface area contributed by atoms with Crippen LogP contribution in [0.5, 0.6) is 0 Å². The molecule has 2 unspecified atom stereocenters. The highest BCUT2D eigenvalue weighted by Gasteiger charge is 2.19. The smallest absolute Gasteiger partial charge is 0.127 e. The summed E-state index contributed by atoms with van der Waals surface area (Å²) in [6.45, 7) is 4.15. The van der Waals surface area contributed by atoms with E-state index in [1.807, 2.05) is 19.1 Å². The predicted octanol–water partition coefficient (Wildman–Crippen LogP) is 2.96. The van der Waals surface area contributed by atoms with Gasteiger partial charge in [0.25, 0.3) is 0 Å². The maximum atomic E-state index is 13.6. The third-order valence-corrected chi connectivity index (χ3v) is 3.95. The molecule has 0 bridgehead atoms. The average molecular weight is 250 g/mol. The number of nitrogens with one attached hydrogen (secondary N) is 1. The molecule has 1 fully saturated rings. The number of benzene rings is 1. The van der Waals surface area contributed by atoms with Crippen LogP contribution in [0.3, 0.4) is 0 Å². The Bertz CT molecular complexity index is 381. The number of piperidine rings is 1. The van der Waals surface area contributed by atoms with Crippen molar-refractivity contribution in [3.8, 4) is 0 Å². The first-order valence-corrected chi connectivity index (χ1v) is 6.86. The molecule has 3 heteroatoms. The maximum absolute atomic E-state index is 13.6. The molecular formula is C15H23FN2. The molecule has 0 radical (unpaired) electrons. The lowest BCUT2D eigenvalue weighted by Crippen LogP contribution is -2.43. The Labute approximate surface area is 109 Å². The summed E-state index contributed by atoms with van der Waals surface area (Å²) in [4.78, 5) is 2.41. The molecule has 1 heterocycles. The van der Waals surface area contributed by atoms with Gasteiger partial charge in [0.1, 0.15) is 5.82 Å². The largest absolute Gasteiger partial charge is 0.309 e. The third-order valence-electron chi connectivity index (χ3n) is 3.95. The summed E-state index contributed by atoms with van der Waals surface area (Å²) in [5, 5.41) is 3.46. The lowest BCUT2D eigenvalue weighted by Gasteiger charge is -2.33. The van der Waals surface area contributed by atoms with Crippen molar-refractivity contribution < 1.29 is 4.39 Å². The first-order valence-electron chi connectivity index (χ1n) is 6.86. The number of nitrogens with zero attached hydrogens (tertiary/aromatic N) is 1. The molecule has 1 N–H and O–H groups in total. The highest BCUT2D eigenvalue weighted by atomic mass is 19.1. The summed E-state index contributed by atoms with van der Waals surface area (Å²) < 4.78 is 13.6. The molecule has 1 saturated heterocycles. The van der Waals surface area contributed by atoms with Gasteiger partial charge in [0.15, 0.2) is 0 Å². The molecular weight excluding hydrogens is 227 g/mol. The van der Waals surface area contributed by atoms with Crippen LogP contribution in [0, 0.1) is 5.82 Å². The number of likely N-dealkylation sites (tertiary alicyclic amines) is 1. The zero-order chi connectivity index (χ0) is 13.0. The van der Waals surface area contributed by atoms with Gasteiger partial charge in [0.2, 0.25) is 0 Å². The molecule has 100 valence electrons. The number of likely N-dealkylation sites (N-methyl/N-ethyl adjacent to an activating group) is 1. The second-order valence-corrected chi connectivity index (χ2v) is 5.28. The van der Waals surface area contributed by atoms with Crippen molar-refractivity contribution in [3.05, 3.63) is 35.6 Å². The zero-order valence-corrected chi connectivity index (χ0v) is 11.3. The Balaban J connectivity index is 1.88. The monoisotopic (exact) mass is 250 g/mol. The van der Waals surface area contributed by atoms with Gasteiger partial charge in [-0.05, 0) is 39.4 Å². The van der Waals surface area contributed by atoms with Crippen molar-refractivity contribution in [1.29, 1.82) is 0 Å². The van der Waals surface area contributed by atoms with Gasteiger partial charge in [0.05, 0.1) is 0 Å². The van der Waals surface area contributed by atoms with Gasteiger partial charge in [-0.3, -0.25) is 0 Å². The topological polar surface area (TPSA) is 15.3 Å². The van der Waals surface area contributed by atoms with E-state index in [0.717, 1.165) is 12.1 Å². The molecule has 2 nitrogen and oxygen atoms in total.